The van der Waals surface area contributed by atoms with Crippen LogP contribution >= 0.6 is 24.0 Å². The summed E-state index contributed by atoms with van der Waals surface area (Å²) in [6.07, 6.45) is 1.13. The normalized spacial score (nSPS) is 21.4. The summed E-state index contributed by atoms with van der Waals surface area (Å²) < 4.78 is 28.2. The Kier molecular flexibility index (Phi) is 8.93. The van der Waals surface area contributed by atoms with Crippen LogP contribution in [0.15, 0.2) is 34.2 Å². The van der Waals surface area contributed by atoms with E-state index in [-0.39, 0.29) is 28.9 Å². The summed E-state index contributed by atoms with van der Waals surface area (Å²) in [5.41, 5.74) is 0.946. The van der Waals surface area contributed by atoms with Crippen LogP contribution in [0.3, 0.4) is 0 Å². The van der Waals surface area contributed by atoms with Crippen molar-refractivity contribution >= 4 is 40.0 Å². The highest BCUT2D eigenvalue weighted by atomic mass is 127. The fraction of sp³-hybridized carbons (Fsp3) is 0.611. The minimum Gasteiger partial charge on any atom is -0.379 e. The smallest absolute Gasteiger partial charge is 0.238 e. The molecule has 1 aromatic carbocycles. The molecule has 0 bridgehead atoms. The number of likely N-dealkylation sites (tertiary alicyclic amines) is 1. The first kappa shape index (κ1) is 23.3. The predicted octanol–water partition coefficient (Wildman–Crippen LogP) is 0.824. The minimum absolute atomic E-state index is 0. The van der Waals surface area contributed by atoms with Gasteiger partial charge >= 0.3 is 0 Å². The summed E-state index contributed by atoms with van der Waals surface area (Å²) >= 11 is 0. The van der Waals surface area contributed by atoms with Gasteiger partial charge in [-0.2, -0.15) is 0 Å². The van der Waals surface area contributed by atoms with Crippen LogP contribution in [0.25, 0.3) is 0 Å². The highest BCUT2D eigenvalue weighted by molar-refractivity contribution is 14.0. The van der Waals surface area contributed by atoms with Crippen LogP contribution in [-0.4, -0.2) is 76.2 Å². The first-order valence-corrected chi connectivity index (χ1v) is 11.0. The molecule has 0 aromatic heterocycles. The Morgan fingerprint density at radius 2 is 1.93 bits per heavy atom. The number of hydrogen-bond acceptors (Lipinski definition) is 5. The van der Waals surface area contributed by atoms with Gasteiger partial charge < -0.3 is 15.0 Å². The molecule has 10 heteroatoms. The van der Waals surface area contributed by atoms with Crippen molar-refractivity contribution in [2.45, 2.75) is 30.8 Å². The van der Waals surface area contributed by atoms with Crippen LogP contribution in [0, 0.1) is 0 Å². The van der Waals surface area contributed by atoms with Gasteiger partial charge in [-0.3, -0.25) is 4.90 Å². The van der Waals surface area contributed by atoms with Crippen molar-refractivity contribution in [3.05, 3.63) is 29.8 Å². The average Bonchev–Trinajstić information content (AvgIpc) is 3.15. The monoisotopic (exact) mass is 523 g/mol. The number of halogens is 1. The number of sulfonamides is 1. The van der Waals surface area contributed by atoms with Gasteiger partial charge in [-0.05, 0) is 31.0 Å². The molecule has 1 unspecified atom stereocenters. The van der Waals surface area contributed by atoms with Crippen molar-refractivity contribution in [2.24, 2.45) is 10.1 Å². The molecule has 2 heterocycles. The molecule has 2 aliphatic heterocycles. The summed E-state index contributed by atoms with van der Waals surface area (Å²) in [6.45, 7) is 8.96. The van der Waals surface area contributed by atoms with Gasteiger partial charge in [0.15, 0.2) is 5.96 Å². The molecule has 2 aliphatic rings. The largest absolute Gasteiger partial charge is 0.379 e. The van der Waals surface area contributed by atoms with E-state index < -0.39 is 10.0 Å². The molecule has 0 spiro atoms. The SMILES string of the molecule is CCNC(=NCc1ccc(S(N)(=O)=O)cc1)N1CCC(N2CCOCC2)C1.I. The lowest BCUT2D eigenvalue weighted by Gasteiger charge is -2.32. The molecule has 3 N–H and O–H groups in total. The summed E-state index contributed by atoms with van der Waals surface area (Å²) in [5, 5.41) is 8.51. The van der Waals surface area contributed by atoms with E-state index in [4.69, 9.17) is 14.9 Å². The molecule has 0 radical (unpaired) electrons. The number of aliphatic imine (C=N–C) groups is 1. The van der Waals surface area contributed by atoms with E-state index in [2.05, 4.69) is 22.0 Å². The fourth-order valence-electron chi connectivity index (χ4n) is 3.55. The molecule has 1 aromatic rings. The van der Waals surface area contributed by atoms with Gasteiger partial charge in [-0.15, -0.1) is 24.0 Å². The zero-order valence-electron chi connectivity index (χ0n) is 16.2. The Labute approximate surface area is 184 Å². The maximum atomic E-state index is 11.4. The third kappa shape index (κ3) is 6.28. The van der Waals surface area contributed by atoms with Crippen LogP contribution in [0.1, 0.15) is 18.9 Å². The van der Waals surface area contributed by atoms with Crippen LogP contribution < -0.4 is 10.5 Å². The van der Waals surface area contributed by atoms with Crippen LogP contribution in [0.2, 0.25) is 0 Å². The van der Waals surface area contributed by atoms with Gasteiger partial charge in [0.25, 0.3) is 0 Å². The third-order valence-corrected chi connectivity index (χ3v) is 5.95. The Morgan fingerprint density at radius 3 is 2.54 bits per heavy atom. The van der Waals surface area contributed by atoms with E-state index in [1.165, 1.54) is 12.1 Å². The molecular weight excluding hydrogens is 493 g/mol. The van der Waals surface area contributed by atoms with Gasteiger partial charge in [-0.25, -0.2) is 18.5 Å². The summed E-state index contributed by atoms with van der Waals surface area (Å²) in [6, 6.07) is 7.11. The molecule has 0 saturated carbocycles. The molecular formula is C18H30IN5O3S. The van der Waals surface area contributed by atoms with E-state index in [9.17, 15) is 8.42 Å². The maximum Gasteiger partial charge on any atom is 0.238 e. The van der Waals surface area contributed by atoms with Crippen molar-refractivity contribution < 1.29 is 13.2 Å². The molecule has 0 amide bonds. The van der Waals surface area contributed by atoms with Crippen LogP contribution in [0.5, 0.6) is 0 Å². The quantitative estimate of drug-likeness (QED) is 0.337. The second kappa shape index (κ2) is 10.7. The Bertz CT molecular complexity index is 751. The van der Waals surface area contributed by atoms with E-state index >= 15 is 0 Å². The van der Waals surface area contributed by atoms with Gasteiger partial charge in [0.1, 0.15) is 0 Å². The van der Waals surface area contributed by atoms with Crippen molar-refractivity contribution in [1.82, 2.24) is 15.1 Å². The molecule has 28 heavy (non-hydrogen) atoms. The molecule has 158 valence electrons. The van der Waals surface area contributed by atoms with Gasteiger partial charge in [-0.1, -0.05) is 12.1 Å². The molecule has 0 aliphatic carbocycles. The number of benzene rings is 1. The average molecular weight is 523 g/mol. The first-order chi connectivity index (χ1) is 13.0. The number of guanidine groups is 1. The number of nitrogens with two attached hydrogens (primary N) is 1. The highest BCUT2D eigenvalue weighted by Crippen LogP contribution is 2.17. The molecule has 1 atom stereocenters. The van der Waals surface area contributed by atoms with Crippen molar-refractivity contribution in [3.8, 4) is 0 Å². The van der Waals surface area contributed by atoms with Gasteiger partial charge in [0.2, 0.25) is 10.0 Å². The number of nitrogens with one attached hydrogen (secondary N) is 1. The van der Waals surface area contributed by atoms with Crippen molar-refractivity contribution in [2.75, 3.05) is 45.9 Å². The second-order valence-corrected chi connectivity index (χ2v) is 8.46. The van der Waals surface area contributed by atoms with E-state index in [0.29, 0.717) is 12.6 Å². The number of hydrogen-bond donors (Lipinski definition) is 2. The standard InChI is InChI=1S/C18H29N5O3S.HI/c1-2-20-18(21-13-15-3-5-17(6-4-15)27(19,24)25)23-8-7-16(14-23)22-9-11-26-12-10-22;/h3-6,16H,2,7-14H2,1H3,(H,20,21)(H2,19,24,25);1H. The number of morpholine rings is 1. The number of rotatable bonds is 5. The Morgan fingerprint density at radius 1 is 1.25 bits per heavy atom. The highest BCUT2D eigenvalue weighted by Gasteiger charge is 2.30. The Hall–Kier alpha value is -0.950. The zero-order valence-corrected chi connectivity index (χ0v) is 19.4. The van der Waals surface area contributed by atoms with Crippen LogP contribution in [-0.2, 0) is 21.3 Å². The molecule has 2 fully saturated rings. The summed E-state index contributed by atoms with van der Waals surface area (Å²) in [4.78, 5) is 9.69. The van der Waals surface area contributed by atoms with Crippen LogP contribution in [0.4, 0.5) is 0 Å². The summed E-state index contributed by atoms with van der Waals surface area (Å²) in [7, 11) is -3.66. The van der Waals surface area contributed by atoms with Crippen molar-refractivity contribution in [1.29, 1.82) is 0 Å². The van der Waals surface area contributed by atoms with E-state index in [1.54, 1.807) is 12.1 Å². The zero-order chi connectivity index (χ0) is 19.3. The number of primary sulfonamides is 1. The molecule has 2 saturated heterocycles. The maximum absolute atomic E-state index is 11.4. The van der Waals surface area contributed by atoms with E-state index in [1.807, 2.05) is 0 Å². The summed E-state index contributed by atoms with van der Waals surface area (Å²) in [5.74, 6) is 0.906. The van der Waals surface area contributed by atoms with E-state index in [0.717, 1.165) is 63.9 Å². The lowest BCUT2D eigenvalue weighted by atomic mass is 10.2. The Balaban J connectivity index is 0.00000280. The molecule has 8 nitrogen and oxygen atoms in total. The topological polar surface area (TPSA) is 100 Å². The van der Waals surface area contributed by atoms with Gasteiger partial charge in [0.05, 0.1) is 24.7 Å². The fourth-order valence-corrected chi connectivity index (χ4v) is 4.07. The van der Waals surface area contributed by atoms with Gasteiger partial charge in [0, 0.05) is 38.8 Å². The third-order valence-electron chi connectivity index (χ3n) is 5.02. The number of nitrogens with zero attached hydrogens (tertiary/aromatic N) is 3. The second-order valence-electron chi connectivity index (χ2n) is 6.90. The lowest BCUT2D eigenvalue weighted by molar-refractivity contribution is 0.0195. The predicted molar refractivity (Wildman–Crippen MR) is 120 cm³/mol. The first-order valence-electron chi connectivity index (χ1n) is 9.44. The number of ether oxygens (including phenoxy) is 1. The molecule has 3 rings (SSSR count). The lowest BCUT2D eigenvalue weighted by Crippen LogP contribution is -2.46. The minimum atomic E-state index is -3.66. The van der Waals surface area contributed by atoms with Crippen molar-refractivity contribution in [3.63, 3.8) is 0 Å².